The minimum Gasteiger partial charge on any atom is -0.363 e. The van der Waals surface area contributed by atoms with Crippen molar-refractivity contribution in [3.8, 4) is 0 Å². The van der Waals surface area contributed by atoms with Crippen molar-refractivity contribution in [3.63, 3.8) is 0 Å². The number of aromatic nitrogens is 2. The van der Waals surface area contributed by atoms with Crippen LogP contribution in [0.4, 0.5) is 10.2 Å². The van der Waals surface area contributed by atoms with E-state index in [1.54, 1.807) is 19.1 Å². The van der Waals surface area contributed by atoms with E-state index >= 15 is 0 Å². The number of nitrogens with zero attached hydrogens (tertiary/aromatic N) is 2. The van der Waals surface area contributed by atoms with Gasteiger partial charge in [0, 0.05) is 14.5 Å². The first kappa shape index (κ1) is 16.1. The van der Waals surface area contributed by atoms with E-state index in [0.717, 1.165) is 20.3 Å². The van der Waals surface area contributed by atoms with E-state index in [1.807, 2.05) is 38.1 Å². The molecule has 0 unspecified atom stereocenters. The van der Waals surface area contributed by atoms with Gasteiger partial charge < -0.3 is 5.32 Å². The van der Waals surface area contributed by atoms with E-state index in [0.29, 0.717) is 17.0 Å². The molecule has 1 atom stereocenters. The van der Waals surface area contributed by atoms with Gasteiger partial charge in [0.15, 0.2) is 0 Å². The zero-order chi connectivity index (χ0) is 16.6. The van der Waals surface area contributed by atoms with Gasteiger partial charge in [0.1, 0.15) is 17.5 Å². The van der Waals surface area contributed by atoms with Crippen LogP contribution in [0.1, 0.15) is 29.9 Å². The summed E-state index contributed by atoms with van der Waals surface area (Å²) in [5, 5.41) is 4.29. The molecule has 0 spiro atoms. The van der Waals surface area contributed by atoms with Gasteiger partial charge in [-0.15, -0.1) is 0 Å². The van der Waals surface area contributed by atoms with Gasteiger partial charge in [-0.3, -0.25) is 0 Å². The molecular weight excluding hydrogens is 404 g/mol. The summed E-state index contributed by atoms with van der Waals surface area (Å²) < 4.78 is 15.4. The fourth-order valence-electron chi connectivity index (χ4n) is 2.61. The van der Waals surface area contributed by atoms with E-state index in [1.165, 1.54) is 0 Å². The molecule has 118 valence electrons. The summed E-state index contributed by atoms with van der Waals surface area (Å²) in [6.45, 7) is 5.58. The average Bonchev–Trinajstić information content (AvgIpc) is 2.50. The van der Waals surface area contributed by atoms with Crippen molar-refractivity contribution in [2.24, 2.45) is 0 Å². The van der Waals surface area contributed by atoms with Crippen molar-refractivity contribution < 1.29 is 4.39 Å². The fraction of sp³-hybridized carbons (Fsp3) is 0.222. The smallest absolute Gasteiger partial charge is 0.138 e. The molecule has 0 fully saturated rings. The predicted octanol–water partition coefficient (Wildman–Crippen LogP) is 5.16. The summed E-state index contributed by atoms with van der Waals surface area (Å²) in [5.41, 5.74) is 2.17. The Morgan fingerprint density at radius 2 is 1.91 bits per heavy atom. The lowest BCUT2D eigenvalue weighted by molar-refractivity contribution is 0.591. The third kappa shape index (κ3) is 3.29. The number of nitrogens with one attached hydrogen (secondary N) is 1. The molecule has 2 aromatic carbocycles. The number of aryl methyl sites for hydroxylation is 2. The van der Waals surface area contributed by atoms with Crippen molar-refractivity contribution in [2.45, 2.75) is 26.8 Å². The fourth-order valence-corrected chi connectivity index (χ4v) is 3.11. The van der Waals surface area contributed by atoms with Crippen LogP contribution in [-0.2, 0) is 0 Å². The molecule has 1 N–H and O–H groups in total. The Hall–Kier alpha value is -1.76. The maximum absolute atomic E-state index is 14.3. The summed E-state index contributed by atoms with van der Waals surface area (Å²) in [5.74, 6) is 1.26. The Labute approximate surface area is 148 Å². The largest absolute Gasteiger partial charge is 0.363 e. The van der Waals surface area contributed by atoms with E-state index in [9.17, 15) is 4.39 Å². The number of benzene rings is 2. The van der Waals surface area contributed by atoms with E-state index in [2.05, 4.69) is 37.9 Å². The summed E-state index contributed by atoms with van der Waals surface area (Å²) in [4.78, 5) is 8.97. The minimum atomic E-state index is -0.190. The Morgan fingerprint density at radius 1 is 1.13 bits per heavy atom. The molecule has 3 nitrogen and oxygen atoms in total. The lowest BCUT2D eigenvalue weighted by atomic mass is 10.0. The molecule has 0 saturated carbocycles. The SMILES string of the molecule is Cc1nc(N[C@H](C)c2cccc(C)c2F)c2cc(I)ccc2n1. The van der Waals surface area contributed by atoms with Crippen molar-refractivity contribution >= 4 is 39.3 Å². The topological polar surface area (TPSA) is 37.8 Å². The highest BCUT2D eigenvalue weighted by Gasteiger charge is 2.15. The molecule has 0 aliphatic heterocycles. The molecule has 1 aromatic heterocycles. The molecule has 0 aliphatic carbocycles. The van der Waals surface area contributed by atoms with E-state index in [-0.39, 0.29) is 11.9 Å². The number of rotatable bonds is 3. The van der Waals surface area contributed by atoms with E-state index < -0.39 is 0 Å². The van der Waals surface area contributed by atoms with Crippen LogP contribution < -0.4 is 5.32 Å². The molecule has 0 saturated heterocycles. The first-order chi connectivity index (χ1) is 11.0. The van der Waals surface area contributed by atoms with Crippen molar-refractivity contribution in [1.29, 1.82) is 0 Å². The van der Waals surface area contributed by atoms with Crippen LogP contribution in [0.3, 0.4) is 0 Å². The number of halogens is 2. The zero-order valence-corrected chi connectivity index (χ0v) is 15.3. The number of anilines is 1. The molecule has 0 bridgehead atoms. The summed E-state index contributed by atoms with van der Waals surface area (Å²) >= 11 is 2.26. The molecule has 23 heavy (non-hydrogen) atoms. The van der Waals surface area contributed by atoms with Gasteiger partial charge in [0.05, 0.1) is 11.6 Å². The third-order valence-corrected chi connectivity index (χ3v) is 4.48. The standard InChI is InChI=1S/C18H17FIN3/c1-10-5-4-6-14(17(10)19)11(2)21-18-15-9-13(20)7-8-16(15)22-12(3)23-18/h4-9,11H,1-3H3,(H,21,22,23)/t11-/m1/s1. The second-order valence-electron chi connectivity index (χ2n) is 5.63. The maximum atomic E-state index is 14.3. The number of fused-ring (bicyclic) bond motifs is 1. The summed E-state index contributed by atoms with van der Waals surface area (Å²) in [6.07, 6.45) is 0. The average molecular weight is 421 g/mol. The van der Waals surface area contributed by atoms with Gasteiger partial charge in [0.25, 0.3) is 0 Å². The Balaban J connectivity index is 2.04. The molecule has 1 heterocycles. The van der Waals surface area contributed by atoms with Crippen LogP contribution in [0.25, 0.3) is 10.9 Å². The van der Waals surface area contributed by atoms with Gasteiger partial charge in [-0.2, -0.15) is 0 Å². The van der Waals surface area contributed by atoms with Gasteiger partial charge in [-0.25, -0.2) is 14.4 Å². The van der Waals surface area contributed by atoms with Crippen LogP contribution in [0.5, 0.6) is 0 Å². The predicted molar refractivity (Wildman–Crippen MR) is 100 cm³/mol. The van der Waals surface area contributed by atoms with Crippen molar-refractivity contribution in [2.75, 3.05) is 5.32 Å². The molecule has 3 aromatic rings. The first-order valence-corrected chi connectivity index (χ1v) is 8.49. The normalized spacial score (nSPS) is 12.4. The van der Waals surface area contributed by atoms with Crippen molar-refractivity contribution in [1.82, 2.24) is 9.97 Å². The van der Waals surface area contributed by atoms with Crippen LogP contribution >= 0.6 is 22.6 Å². The lowest BCUT2D eigenvalue weighted by Crippen LogP contribution is -2.11. The second-order valence-corrected chi connectivity index (χ2v) is 6.87. The highest BCUT2D eigenvalue weighted by Crippen LogP contribution is 2.27. The lowest BCUT2D eigenvalue weighted by Gasteiger charge is -2.18. The number of hydrogen-bond acceptors (Lipinski definition) is 3. The first-order valence-electron chi connectivity index (χ1n) is 7.41. The zero-order valence-electron chi connectivity index (χ0n) is 13.2. The minimum absolute atomic E-state index is 0.169. The summed E-state index contributed by atoms with van der Waals surface area (Å²) in [6, 6.07) is 11.3. The third-order valence-electron chi connectivity index (χ3n) is 3.81. The molecule has 0 radical (unpaired) electrons. The molecular formula is C18H17FIN3. The molecule has 0 amide bonds. The van der Waals surface area contributed by atoms with Crippen LogP contribution in [0.2, 0.25) is 0 Å². The van der Waals surface area contributed by atoms with Gasteiger partial charge in [-0.05, 0) is 67.1 Å². The van der Waals surface area contributed by atoms with Gasteiger partial charge in [0.2, 0.25) is 0 Å². The Morgan fingerprint density at radius 3 is 2.70 bits per heavy atom. The highest BCUT2D eigenvalue weighted by molar-refractivity contribution is 14.1. The quantitative estimate of drug-likeness (QED) is 0.594. The number of hydrogen-bond donors (Lipinski definition) is 1. The van der Waals surface area contributed by atoms with Crippen molar-refractivity contribution in [3.05, 3.63) is 62.7 Å². The maximum Gasteiger partial charge on any atom is 0.138 e. The van der Waals surface area contributed by atoms with Crippen LogP contribution in [0, 0.1) is 23.2 Å². The summed E-state index contributed by atoms with van der Waals surface area (Å²) in [7, 11) is 0. The second kappa shape index (κ2) is 6.39. The Kier molecular flexibility index (Phi) is 4.48. The van der Waals surface area contributed by atoms with Gasteiger partial charge >= 0.3 is 0 Å². The van der Waals surface area contributed by atoms with Crippen LogP contribution in [-0.4, -0.2) is 9.97 Å². The Bertz CT molecular complexity index is 880. The van der Waals surface area contributed by atoms with E-state index in [4.69, 9.17) is 0 Å². The molecule has 0 aliphatic rings. The van der Waals surface area contributed by atoms with Gasteiger partial charge in [-0.1, -0.05) is 18.2 Å². The molecule has 5 heteroatoms. The highest BCUT2D eigenvalue weighted by atomic mass is 127. The van der Waals surface area contributed by atoms with Crippen LogP contribution in [0.15, 0.2) is 36.4 Å². The molecule has 3 rings (SSSR count). The monoisotopic (exact) mass is 421 g/mol.